The average molecular weight is 473 g/mol. The molecule has 34 heavy (non-hydrogen) atoms. The number of furan rings is 1. The number of hydrogen-bond acceptors (Lipinski definition) is 5. The summed E-state index contributed by atoms with van der Waals surface area (Å²) < 4.78 is 18.1. The van der Waals surface area contributed by atoms with E-state index in [4.69, 9.17) is 4.42 Å². The molecule has 1 aliphatic carbocycles. The largest absolute Gasteiger partial charge is 0.465 e. The molecule has 3 rings (SSSR count). The van der Waals surface area contributed by atoms with E-state index in [1.165, 1.54) is 42.6 Å². The number of aryl methyl sites for hydroxylation is 1. The second-order valence-corrected chi connectivity index (χ2v) is 10.4. The van der Waals surface area contributed by atoms with Gasteiger partial charge in [-0.25, -0.2) is 4.79 Å². The number of benzene rings is 1. The molecule has 1 aliphatic rings. The van der Waals surface area contributed by atoms with Gasteiger partial charge in [0.15, 0.2) is 0 Å². The summed E-state index contributed by atoms with van der Waals surface area (Å²) in [7, 11) is 1.58. The molecule has 2 aromatic rings. The van der Waals surface area contributed by atoms with Crippen LogP contribution >= 0.6 is 0 Å². The molecular formula is C27H37FN2O4. The molecule has 1 aromatic carbocycles. The molecule has 1 fully saturated rings. The summed E-state index contributed by atoms with van der Waals surface area (Å²) >= 11 is 0. The first kappa shape index (κ1) is 25.8. The van der Waals surface area contributed by atoms with Crippen LogP contribution in [0.25, 0.3) is 0 Å². The van der Waals surface area contributed by atoms with E-state index < -0.39 is 5.97 Å². The van der Waals surface area contributed by atoms with Gasteiger partial charge in [-0.15, -0.1) is 0 Å². The van der Waals surface area contributed by atoms with Gasteiger partial charge in [0.05, 0.1) is 12.5 Å². The van der Waals surface area contributed by atoms with Crippen molar-refractivity contribution in [3.63, 3.8) is 0 Å². The Morgan fingerprint density at radius 3 is 2.38 bits per heavy atom. The van der Waals surface area contributed by atoms with Crippen molar-refractivity contribution < 1.29 is 23.5 Å². The van der Waals surface area contributed by atoms with E-state index in [0.717, 1.165) is 17.2 Å². The number of carbonyl (C=O) groups is 2. The maximum absolute atomic E-state index is 12.6. The van der Waals surface area contributed by atoms with Crippen molar-refractivity contribution in [2.24, 2.45) is 5.92 Å². The molecule has 186 valence electrons. The zero-order valence-corrected chi connectivity index (χ0v) is 20.9. The Balaban J connectivity index is 1.77. The van der Waals surface area contributed by atoms with E-state index in [1.807, 2.05) is 19.1 Å². The molecule has 0 aliphatic heterocycles. The minimum Gasteiger partial charge on any atom is -0.465 e. The van der Waals surface area contributed by atoms with Crippen LogP contribution in [0.3, 0.4) is 0 Å². The molecule has 0 radical (unpaired) electrons. The second-order valence-electron chi connectivity index (χ2n) is 10.4. The maximum atomic E-state index is 12.6. The van der Waals surface area contributed by atoms with Crippen LogP contribution in [0.5, 0.6) is 0 Å². The first-order chi connectivity index (χ1) is 16.1. The van der Waals surface area contributed by atoms with E-state index in [9.17, 15) is 14.1 Å². The van der Waals surface area contributed by atoms with E-state index in [-0.39, 0.29) is 30.3 Å². The number of nitrogens with one attached hydrogen (secondary N) is 1. The smallest absolute Gasteiger partial charge is 0.350 e. The standard InChI is InChI=1S/C27H37FN2O4/c1-18-22(17-23(33-18)27(2,3)4)25(19-9-7-6-8-10-19)29-21-13-11-20(12-14-21)26(32)30(5)16-15-24(31)34-28/h11-14,17,19,25,29H,6-10,15-16H2,1-5H3. The first-order valence-corrected chi connectivity index (χ1v) is 12.1. The lowest BCUT2D eigenvalue weighted by Gasteiger charge is -2.31. The van der Waals surface area contributed by atoms with Gasteiger partial charge < -0.3 is 14.6 Å². The normalized spacial score (nSPS) is 15.6. The summed E-state index contributed by atoms with van der Waals surface area (Å²) in [6.07, 6.45) is 5.92. The summed E-state index contributed by atoms with van der Waals surface area (Å²) in [6.45, 7) is 8.60. The van der Waals surface area contributed by atoms with Crippen molar-refractivity contribution in [1.82, 2.24) is 4.90 Å². The van der Waals surface area contributed by atoms with Crippen LogP contribution in [-0.4, -0.2) is 30.4 Å². The van der Waals surface area contributed by atoms with E-state index in [2.05, 4.69) is 37.1 Å². The lowest BCUT2D eigenvalue weighted by molar-refractivity contribution is -0.183. The summed E-state index contributed by atoms with van der Waals surface area (Å²) in [5, 5.41) is 3.73. The van der Waals surface area contributed by atoms with Gasteiger partial charge in [0.1, 0.15) is 11.5 Å². The van der Waals surface area contributed by atoms with Gasteiger partial charge in [-0.1, -0.05) is 40.0 Å². The molecule has 1 heterocycles. The van der Waals surface area contributed by atoms with Gasteiger partial charge in [0.25, 0.3) is 5.91 Å². The minimum atomic E-state index is -0.989. The molecule has 1 amide bonds. The molecule has 6 nitrogen and oxygen atoms in total. The predicted molar refractivity (Wildman–Crippen MR) is 130 cm³/mol. The van der Waals surface area contributed by atoms with Crippen molar-refractivity contribution in [3.05, 3.63) is 53.0 Å². The van der Waals surface area contributed by atoms with Crippen molar-refractivity contribution >= 4 is 17.6 Å². The van der Waals surface area contributed by atoms with Crippen molar-refractivity contribution in [2.75, 3.05) is 18.9 Å². The summed E-state index contributed by atoms with van der Waals surface area (Å²) in [6, 6.07) is 9.71. The topological polar surface area (TPSA) is 71.8 Å². The van der Waals surface area contributed by atoms with Crippen LogP contribution in [0.2, 0.25) is 0 Å². The Kier molecular flexibility index (Phi) is 8.39. The fourth-order valence-electron chi connectivity index (χ4n) is 4.60. The zero-order chi connectivity index (χ0) is 24.9. The Morgan fingerprint density at radius 1 is 1.18 bits per heavy atom. The van der Waals surface area contributed by atoms with Crippen molar-refractivity contribution in [1.29, 1.82) is 0 Å². The second kappa shape index (κ2) is 11.1. The number of nitrogens with zero attached hydrogens (tertiary/aromatic N) is 1. The zero-order valence-electron chi connectivity index (χ0n) is 20.9. The Labute approximate surface area is 201 Å². The van der Waals surface area contributed by atoms with Crippen LogP contribution in [0.15, 0.2) is 34.7 Å². The molecule has 7 heteroatoms. The molecule has 0 bridgehead atoms. The lowest BCUT2D eigenvalue weighted by atomic mass is 9.80. The number of rotatable bonds is 8. The first-order valence-electron chi connectivity index (χ1n) is 12.1. The number of anilines is 1. The number of halogens is 1. The van der Waals surface area contributed by atoms with Gasteiger partial charge in [-0.05, 0) is 56.0 Å². The summed E-state index contributed by atoms with van der Waals surface area (Å²) in [5.41, 5.74) is 2.59. The molecule has 1 saturated carbocycles. The molecule has 1 atom stereocenters. The highest BCUT2D eigenvalue weighted by molar-refractivity contribution is 5.94. The van der Waals surface area contributed by atoms with Crippen LogP contribution < -0.4 is 5.32 Å². The van der Waals surface area contributed by atoms with Gasteiger partial charge in [-0.3, -0.25) is 9.74 Å². The molecule has 0 saturated heterocycles. The van der Waals surface area contributed by atoms with Crippen LogP contribution in [-0.2, 0) is 15.2 Å². The number of hydrogen-bond donors (Lipinski definition) is 1. The highest BCUT2D eigenvalue weighted by atomic mass is 19.3. The van der Waals surface area contributed by atoms with E-state index in [0.29, 0.717) is 11.5 Å². The SMILES string of the molecule is Cc1oc(C(C)(C)C)cc1C(Nc1ccc(C(=O)N(C)CCC(=O)OF)cc1)C1CCCCC1. The van der Waals surface area contributed by atoms with Crippen molar-refractivity contribution in [2.45, 2.75) is 77.7 Å². The highest BCUT2D eigenvalue weighted by Gasteiger charge is 2.30. The number of carbonyl (C=O) groups excluding carboxylic acids is 2. The number of amides is 1. The van der Waals surface area contributed by atoms with Crippen molar-refractivity contribution in [3.8, 4) is 0 Å². The fourth-order valence-corrected chi connectivity index (χ4v) is 4.60. The fraction of sp³-hybridized carbons (Fsp3) is 0.556. The average Bonchev–Trinajstić information content (AvgIpc) is 3.23. The lowest BCUT2D eigenvalue weighted by Crippen LogP contribution is -2.29. The molecule has 1 aromatic heterocycles. The minimum absolute atomic E-state index is 0.0604. The third kappa shape index (κ3) is 6.39. The van der Waals surface area contributed by atoms with E-state index >= 15 is 0 Å². The summed E-state index contributed by atoms with van der Waals surface area (Å²) in [4.78, 5) is 28.2. The summed E-state index contributed by atoms with van der Waals surface area (Å²) in [5.74, 6) is 1.23. The van der Waals surface area contributed by atoms with Gasteiger partial charge in [0.2, 0.25) is 0 Å². The molecule has 1 N–H and O–H groups in total. The van der Waals surface area contributed by atoms with Crippen LogP contribution in [0.4, 0.5) is 10.2 Å². The quantitative estimate of drug-likeness (QED) is 0.474. The van der Waals surface area contributed by atoms with Gasteiger partial charge >= 0.3 is 5.97 Å². The van der Waals surface area contributed by atoms with Crippen LogP contribution in [0, 0.1) is 12.8 Å². The molecule has 0 spiro atoms. The van der Waals surface area contributed by atoms with Gasteiger partial charge in [0, 0.05) is 40.3 Å². The molecule has 1 unspecified atom stereocenters. The van der Waals surface area contributed by atoms with E-state index in [1.54, 1.807) is 19.2 Å². The Hall–Kier alpha value is -2.83. The van der Waals surface area contributed by atoms with Crippen LogP contribution in [0.1, 0.15) is 92.8 Å². The monoisotopic (exact) mass is 472 g/mol. The maximum Gasteiger partial charge on any atom is 0.350 e. The molecular weight excluding hydrogens is 435 g/mol. The predicted octanol–water partition coefficient (Wildman–Crippen LogP) is 6.51. The Morgan fingerprint density at radius 2 is 1.82 bits per heavy atom. The third-order valence-corrected chi connectivity index (χ3v) is 6.69. The van der Waals surface area contributed by atoms with Gasteiger partial charge in [-0.2, -0.15) is 0 Å². The third-order valence-electron chi connectivity index (χ3n) is 6.69. The highest BCUT2D eigenvalue weighted by Crippen LogP contribution is 2.40. The Bertz CT molecular complexity index is 972.